The van der Waals surface area contributed by atoms with Crippen molar-refractivity contribution in [1.29, 1.82) is 5.26 Å². The number of halogens is 4. The van der Waals surface area contributed by atoms with E-state index >= 15 is 0 Å². The highest BCUT2D eigenvalue weighted by Crippen LogP contribution is 2.25. The number of alkyl halides is 3. The number of nitrogens with one attached hydrogen (secondary N) is 1. The maximum Gasteiger partial charge on any atom is 0.406 e. The SMILES string of the molecule is N#CC(CNc1cccc(F)c1)C(F)(F)F. The van der Waals surface area contributed by atoms with Crippen LogP contribution in [0.1, 0.15) is 0 Å². The topological polar surface area (TPSA) is 35.8 Å². The summed E-state index contributed by atoms with van der Waals surface area (Å²) in [5.41, 5.74) is 0.213. The van der Waals surface area contributed by atoms with Crippen LogP contribution >= 0.6 is 0 Å². The van der Waals surface area contributed by atoms with Crippen LogP contribution in [-0.2, 0) is 0 Å². The fourth-order valence-corrected chi connectivity index (χ4v) is 1.05. The lowest BCUT2D eigenvalue weighted by atomic mass is 10.1. The van der Waals surface area contributed by atoms with Gasteiger partial charge in [0.1, 0.15) is 5.82 Å². The molecule has 0 fully saturated rings. The molecule has 1 N–H and O–H groups in total. The van der Waals surface area contributed by atoms with E-state index in [0.29, 0.717) is 0 Å². The van der Waals surface area contributed by atoms with Crippen LogP contribution < -0.4 is 5.32 Å². The minimum Gasteiger partial charge on any atom is -0.383 e. The van der Waals surface area contributed by atoms with Gasteiger partial charge in [0.25, 0.3) is 0 Å². The summed E-state index contributed by atoms with van der Waals surface area (Å²) in [6, 6.07) is 6.18. The third-order valence-corrected chi connectivity index (χ3v) is 1.89. The van der Waals surface area contributed by atoms with Crippen molar-refractivity contribution < 1.29 is 17.6 Å². The van der Waals surface area contributed by atoms with Crippen molar-refractivity contribution in [3.8, 4) is 6.07 Å². The van der Waals surface area contributed by atoms with Crippen molar-refractivity contribution in [2.24, 2.45) is 5.92 Å². The minimum atomic E-state index is -4.57. The molecule has 1 rings (SSSR count). The van der Waals surface area contributed by atoms with E-state index in [-0.39, 0.29) is 5.69 Å². The number of rotatable bonds is 3. The van der Waals surface area contributed by atoms with Crippen molar-refractivity contribution in [3.63, 3.8) is 0 Å². The van der Waals surface area contributed by atoms with Gasteiger partial charge in [0.15, 0.2) is 5.92 Å². The molecule has 0 heterocycles. The summed E-state index contributed by atoms with van der Waals surface area (Å²) in [4.78, 5) is 0. The van der Waals surface area contributed by atoms with Crippen LogP contribution in [0.3, 0.4) is 0 Å². The van der Waals surface area contributed by atoms with E-state index in [1.165, 1.54) is 18.2 Å². The van der Waals surface area contributed by atoms with Gasteiger partial charge in [-0.2, -0.15) is 18.4 Å². The van der Waals surface area contributed by atoms with E-state index in [0.717, 1.165) is 12.1 Å². The van der Waals surface area contributed by atoms with Crippen LogP contribution in [-0.4, -0.2) is 12.7 Å². The summed E-state index contributed by atoms with van der Waals surface area (Å²) in [5, 5.41) is 10.7. The Morgan fingerprint density at radius 1 is 1.38 bits per heavy atom. The molecule has 0 radical (unpaired) electrons. The van der Waals surface area contributed by atoms with E-state index in [1.807, 2.05) is 0 Å². The maximum absolute atomic E-state index is 12.7. The van der Waals surface area contributed by atoms with Gasteiger partial charge < -0.3 is 5.32 Å². The summed E-state index contributed by atoms with van der Waals surface area (Å²) < 4.78 is 49.2. The Hall–Kier alpha value is -1.77. The van der Waals surface area contributed by atoms with Crippen LogP contribution in [0.2, 0.25) is 0 Å². The second kappa shape index (κ2) is 4.84. The number of anilines is 1. The fourth-order valence-electron chi connectivity index (χ4n) is 1.05. The average molecular weight is 232 g/mol. The number of hydrogen-bond donors (Lipinski definition) is 1. The standard InChI is InChI=1S/C10H8F4N2/c11-8-2-1-3-9(4-8)16-6-7(5-15)10(12,13)14/h1-4,7,16H,6H2. The van der Waals surface area contributed by atoms with Gasteiger partial charge in [0.05, 0.1) is 6.07 Å². The highest BCUT2D eigenvalue weighted by Gasteiger charge is 2.39. The zero-order valence-corrected chi connectivity index (χ0v) is 8.05. The highest BCUT2D eigenvalue weighted by molar-refractivity contribution is 5.43. The summed E-state index contributed by atoms with van der Waals surface area (Å²) in [5.74, 6) is -2.65. The van der Waals surface area contributed by atoms with E-state index in [1.54, 1.807) is 0 Å². The maximum atomic E-state index is 12.7. The van der Waals surface area contributed by atoms with Gasteiger partial charge in [-0.1, -0.05) is 6.07 Å². The molecule has 0 aliphatic rings. The first kappa shape index (κ1) is 12.3. The van der Waals surface area contributed by atoms with Gasteiger partial charge >= 0.3 is 6.18 Å². The van der Waals surface area contributed by atoms with Crippen LogP contribution in [0.5, 0.6) is 0 Å². The van der Waals surface area contributed by atoms with Crippen molar-refractivity contribution in [1.82, 2.24) is 0 Å². The predicted octanol–water partition coefficient (Wildman–Crippen LogP) is 2.94. The van der Waals surface area contributed by atoms with Crippen molar-refractivity contribution >= 4 is 5.69 Å². The van der Waals surface area contributed by atoms with Gasteiger partial charge in [-0.05, 0) is 18.2 Å². The first-order chi connectivity index (χ1) is 7.43. The predicted molar refractivity (Wildman–Crippen MR) is 50.0 cm³/mol. The Kier molecular flexibility index (Phi) is 3.72. The second-order valence-corrected chi connectivity index (χ2v) is 3.11. The smallest absolute Gasteiger partial charge is 0.383 e. The van der Waals surface area contributed by atoms with Gasteiger partial charge in [-0.25, -0.2) is 4.39 Å². The lowest BCUT2D eigenvalue weighted by Gasteiger charge is -2.14. The lowest BCUT2D eigenvalue weighted by Crippen LogP contribution is -2.28. The molecule has 0 saturated heterocycles. The minimum absolute atomic E-state index is 0.213. The Bertz CT molecular complexity index is 395. The molecule has 86 valence electrons. The van der Waals surface area contributed by atoms with E-state index < -0.39 is 24.5 Å². The molecule has 1 unspecified atom stereocenters. The first-order valence-corrected chi connectivity index (χ1v) is 4.39. The van der Waals surface area contributed by atoms with Crippen molar-refractivity contribution in [3.05, 3.63) is 30.1 Å². The van der Waals surface area contributed by atoms with Gasteiger partial charge in [-0.3, -0.25) is 0 Å². The zero-order chi connectivity index (χ0) is 12.2. The molecular weight excluding hydrogens is 224 g/mol. The molecule has 0 aromatic heterocycles. The molecule has 1 aromatic rings. The van der Waals surface area contributed by atoms with Gasteiger partial charge in [0.2, 0.25) is 0 Å². The number of hydrogen-bond acceptors (Lipinski definition) is 2. The Labute approximate surface area is 89.5 Å². The number of nitrogens with zero attached hydrogens (tertiary/aromatic N) is 1. The fraction of sp³-hybridized carbons (Fsp3) is 0.300. The Balaban J connectivity index is 2.61. The Morgan fingerprint density at radius 3 is 2.56 bits per heavy atom. The second-order valence-electron chi connectivity index (χ2n) is 3.11. The molecule has 16 heavy (non-hydrogen) atoms. The molecule has 0 amide bonds. The normalized spacial score (nSPS) is 12.9. The van der Waals surface area contributed by atoms with Crippen LogP contribution in [0.15, 0.2) is 24.3 Å². The molecule has 2 nitrogen and oxygen atoms in total. The molecule has 0 bridgehead atoms. The average Bonchev–Trinajstić information content (AvgIpc) is 2.16. The van der Waals surface area contributed by atoms with Crippen LogP contribution in [0, 0.1) is 23.1 Å². The monoisotopic (exact) mass is 232 g/mol. The Morgan fingerprint density at radius 2 is 2.06 bits per heavy atom. The molecule has 0 aliphatic carbocycles. The largest absolute Gasteiger partial charge is 0.406 e. The lowest BCUT2D eigenvalue weighted by molar-refractivity contribution is -0.155. The van der Waals surface area contributed by atoms with E-state index in [9.17, 15) is 17.6 Å². The summed E-state index contributed by atoms with van der Waals surface area (Å²) in [6.45, 7) is -0.594. The first-order valence-electron chi connectivity index (χ1n) is 4.39. The van der Waals surface area contributed by atoms with Crippen LogP contribution in [0.25, 0.3) is 0 Å². The third-order valence-electron chi connectivity index (χ3n) is 1.89. The molecule has 0 saturated carbocycles. The quantitative estimate of drug-likeness (QED) is 0.813. The zero-order valence-electron chi connectivity index (χ0n) is 8.05. The molecule has 6 heteroatoms. The summed E-state index contributed by atoms with van der Waals surface area (Å²) in [6.07, 6.45) is -4.57. The molecular formula is C10H8F4N2. The van der Waals surface area contributed by atoms with E-state index in [4.69, 9.17) is 5.26 Å². The summed E-state index contributed by atoms with van der Waals surface area (Å²) in [7, 11) is 0. The number of nitriles is 1. The van der Waals surface area contributed by atoms with Gasteiger partial charge in [-0.15, -0.1) is 0 Å². The molecule has 1 aromatic carbocycles. The molecule has 0 spiro atoms. The van der Waals surface area contributed by atoms with E-state index in [2.05, 4.69) is 5.32 Å². The summed E-state index contributed by atoms with van der Waals surface area (Å²) >= 11 is 0. The van der Waals surface area contributed by atoms with Crippen molar-refractivity contribution in [2.75, 3.05) is 11.9 Å². The van der Waals surface area contributed by atoms with Crippen molar-refractivity contribution in [2.45, 2.75) is 6.18 Å². The number of benzene rings is 1. The third kappa shape index (κ3) is 3.42. The molecule has 1 atom stereocenters. The molecule has 0 aliphatic heterocycles. The van der Waals surface area contributed by atoms with Crippen LogP contribution in [0.4, 0.5) is 23.2 Å². The highest BCUT2D eigenvalue weighted by atomic mass is 19.4. The van der Waals surface area contributed by atoms with Gasteiger partial charge in [0, 0.05) is 12.2 Å².